The van der Waals surface area contributed by atoms with Crippen molar-refractivity contribution in [2.75, 3.05) is 37.6 Å². The maximum Gasteiger partial charge on any atom is 0.0434 e. The van der Waals surface area contributed by atoms with Crippen molar-refractivity contribution >= 4 is 5.69 Å². The van der Waals surface area contributed by atoms with Gasteiger partial charge in [-0.1, -0.05) is 31.5 Å². The highest BCUT2D eigenvalue weighted by atomic mass is 15.2. The van der Waals surface area contributed by atoms with E-state index >= 15 is 0 Å². The van der Waals surface area contributed by atoms with Gasteiger partial charge in [0.05, 0.1) is 0 Å². The van der Waals surface area contributed by atoms with Crippen LogP contribution in [0.5, 0.6) is 0 Å². The second-order valence-corrected chi connectivity index (χ2v) is 6.88. The second-order valence-electron chi connectivity index (χ2n) is 6.88. The van der Waals surface area contributed by atoms with Gasteiger partial charge < -0.3 is 9.80 Å². The van der Waals surface area contributed by atoms with Crippen molar-refractivity contribution in [2.45, 2.75) is 38.5 Å². The molecule has 0 radical (unpaired) electrons. The summed E-state index contributed by atoms with van der Waals surface area (Å²) in [4.78, 5) is 5.41. The van der Waals surface area contributed by atoms with Gasteiger partial charge in [0, 0.05) is 37.8 Å². The SMILES string of the molecule is CCCCN1CC2c3cccc4c3N(CCC4)C[C@H]2C1. The number of anilines is 1. The Morgan fingerprint density at radius 1 is 1.20 bits per heavy atom. The van der Waals surface area contributed by atoms with E-state index in [0.29, 0.717) is 0 Å². The number of aryl methyl sites for hydroxylation is 1. The Bertz CT molecular complexity index is 496. The topological polar surface area (TPSA) is 6.48 Å². The van der Waals surface area contributed by atoms with Crippen LogP contribution in [0.25, 0.3) is 0 Å². The van der Waals surface area contributed by atoms with E-state index in [-0.39, 0.29) is 0 Å². The molecule has 3 aliphatic heterocycles. The molecule has 2 atom stereocenters. The molecule has 1 fully saturated rings. The summed E-state index contributed by atoms with van der Waals surface area (Å²) in [6, 6.07) is 7.07. The third-order valence-corrected chi connectivity index (χ3v) is 5.54. The molecule has 20 heavy (non-hydrogen) atoms. The lowest BCUT2D eigenvalue weighted by Gasteiger charge is -2.41. The molecule has 2 nitrogen and oxygen atoms in total. The molecule has 0 aromatic heterocycles. The number of hydrogen-bond donors (Lipinski definition) is 0. The van der Waals surface area contributed by atoms with Crippen molar-refractivity contribution in [3.63, 3.8) is 0 Å². The average Bonchev–Trinajstić information content (AvgIpc) is 2.89. The Hall–Kier alpha value is -1.02. The third kappa shape index (κ3) is 1.96. The standard InChI is InChI=1S/C18H26N2/c1-2-3-9-19-11-15-12-20-10-5-7-14-6-4-8-16(18(14)20)17(15)13-19/h4,6,8,15,17H,2-3,5,7,9-13H2,1H3/t15-,17?/m1/s1. The van der Waals surface area contributed by atoms with Crippen molar-refractivity contribution in [3.8, 4) is 0 Å². The largest absolute Gasteiger partial charge is 0.371 e. The van der Waals surface area contributed by atoms with Crippen molar-refractivity contribution in [3.05, 3.63) is 29.3 Å². The molecule has 0 saturated carbocycles. The summed E-state index contributed by atoms with van der Waals surface area (Å²) in [5.41, 5.74) is 4.90. The Morgan fingerprint density at radius 2 is 2.15 bits per heavy atom. The molecular formula is C18H26N2. The predicted molar refractivity (Wildman–Crippen MR) is 84.6 cm³/mol. The molecule has 0 spiro atoms. The number of nitrogens with zero attached hydrogens (tertiary/aromatic N) is 2. The zero-order chi connectivity index (χ0) is 13.5. The molecule has 0 bridgehead atoms. The van der Waals surface area contributed by atoms with Gasteiger partial charge in [0.1, 0.15) is 0 Å². The van der Waals surface area contributed by atoms with E-state index in [1.807, 2.05) is 0 Å². The summed E-state index contributed by atoms with van der Waals surface area (Å²) >= 11 is 0. The second kappa shape index (κ2) is 5.07. The first-order chi connectivity index (χ1) is 9.86. The average molecular weight is 270 g/mol. The Morgan fingerprint density at radius 3 is 3.05 bits per heavy atom. The molecule has 1 aromatic rings. The van der Waals surface area contributed by atoms with E-state index in [0.717, 1.165) is 11.8 Å². The van der Waals surface area contributed by atoms with Crippen LogP contribution in [-0.4, -0.2) is 37.6 Å². The highest BCUT2D eigenvalue weighted by Gasteiger charge is 2.41. The number of hydrogen-bond acceptors (Lipinski definition) is 2. The minimum absolute atomic E-state index is 0.802. The lowest BCUT2D eigenvalue weighted by atomic mass is 9.80. The number of likely N-dealkylation sites (tertiary alicyclic amines) is 1. The molecule has 1 unspecified atom stereocenters. The number of rotatable bonds is 3. The first-order valence-electron chi connectivity index (χ1n) is 8.46. The van der Waals surface area contributed by atoms with Crippen LogP contribution in [0.2, 0.25) is 0 Å². The monoisotopic (exact) mass is 270 g/mol. The van der Waals surface area contributed by atoms with Gasteiger partial charge in [-0.15, -0.1) is 0 Å². The number of unbranched alkanes of at least 4 members (excludes halogenated alkanes) is 1. The summed E-state index contributed by atoms with van der Waals surface area (Å²) < 4.78 is 0. The number of fused-ring (bicyclic) bond motifs is 2. The smallest absolute Gasteiger partial charge is 0.0434 e. The van der Waals surface area contributed by atoms with E-state index in [9.17, 15) is 0 Å². The van der Waals surface area contributed by atoms with Crippen LogP contribution in [0.3, 0.4) is 0 Å². The van der Waals surface area contributed by atoms with Crippen LogP contribution in [0.1, 0.15) is 43.2 Å². The molecular weight excluding hydrogens is 244 g/mol. The van der Waals surface area contributed by atoms with E-state index in [1.165, 1.54) is 58.4 Å². The van der Waals surface area contributed by atoms with Gasteiger partial charge in [-0.25, -0.2) is 0 Å². The summed E-state index contributed by atoms with van der Waals surface area (Å²) in [7, 11) is 0. The molecule has 0 aliphatic carbocycles. The lowest BCUT2D eigenvalue weighted by Crippen LogP contribution is -2.40. The van der Waals surface area contributed by atoms with Gasteiger partial charge in [-0.3, -0.25) is 0 Å². The zero-order valence-electron chi connectivity index (χ0n) is 12.6. The summed E-state index contributed by atoms with van der Waals surface area (Å²) in [6.07, 6.45) is 5.30. The molecule has 1 saturated heterocycles. The Balaban J connectivity index is 1.64. The van der Waals surface area contributed by atoms with Crippen molar-refractivity contribution < 1.29 is 0 Å². The quantitative estimate of drug-likeness (QED) is 0.832. The lowest BCUT2D eigenvalue weighted by molar-refractivity contribution is 0.318. The summed E-state index contributed by atoms with van der Waals surface area (Å²) in [5, 5.41) is 0. The van der Waals surface area contributed by atoms with Crippen LogP contribution >= 0.6 is 0 Å². The van der Waals surface area contributed by atoms with Crippen LogP contribution in [-0.2, 0) is 6.42 Å². The molecule has 4 rings (SSSR count). The minimum atomic E-state index is 0.802. The number of benzene rings is 1. The van der Waals surface area contributed by atoms with E-state index in [1.54, 1.807) is 16.8 Å². The van der Waals surface area contributed by atoms with Gasteiger partial charge in [-0.05, 0) is 42.9 Å². The fraction of sp³-hybridized carbons (Fsp3) is 0.667. The van der Waals surface area contributed by atoms with Crippen LogP contribution in [0, 0.1) is 5.92 Å². The maximum absolute atomic E-state index is 2.72. The Labute approximate surface area is 122 Å². The van der Waals surface area contributed by atoms with Crippen molar-refractivity contribution in [1.82, 2.24) is 4.90 Å². The fourth-order valence-corrected chi connectivity index (χ4v) is 4.60. The first kappa shape index (κ1) is 12.7. The molecule has 2 heteroatoms. The molecule has 108 valence electrons. The van der Waals surface area contributed by atoms with Crippen molar-refractivity contribution in [1.29, 1.82) is 0 Å². The van der Waals surface area contributed by atoms with E-state index in [4.69, 9.17) is 0 Å². The fourth-order valence-electron chi connectivity index (χ4n) is 4.60. The highest BCUT2D eigenvalue weighted by molar-refractivity contribution is 5.64. The molecule has 0 amide bonds. The summed E-state index contributed by atoms with van der Waals surface area (Å²) in [6.45, 7) is 8.81. The van der Waals surface area contributed by atoms with Gasteiger partial charge in [0.25, 0.3) is 0 Å². The first-order valence-corrected chi connectivity index (χ1v) is 8.46. The Kier molecular flexibility index (Phi) is 3.22. The van der Waals surface area contributed by atoms with Crippen LogP contribution in [0.4, 0.5) is 5.69 Å². The van der Waals surface area contributed by atoms with E-state index < -0.39 is 0 Å². The van der Waals surface area contributed by atoms with Gasteiger partial charge in [0.15, 0.2) is 0 Å². The summed E-state index contributed by atoms with van der Waals surface area (Å²) in [5.74, 6) is 1.67. The molecule has 0 N–H and O–H groups in total. The highest BCUT2D eigenvalue weighted by Crippen LogP contribution is 2.45. The number of para-hydroxylation sites is 1. The van der Waals surface area contributed by atoms with Gasteiger partial charge in [0.2, 0.25) is 0 Å². The molecule has 1 aromatic carbocycles. The van der Waals surface area contributed by atoms with Gasteiger partial charge in [-0.2, -0.15) is 0 Å². The van der Waals surface area contributed by atoms with Crippen LogP contribution < -0.4 is 4.90 Å². The zero-order valence-corrected chi connectivity index (χ0v) is 12.6. The van der Waals surface area contributed by atoms with E-state index in [2.05, 4.69) is 34.9 Å². The molecule has 3 aliphatic rings. The van der Waals surface area contributed by atoms with Gasteiger partial charge >= 0.3 is 0 Å². The predicted octanol–water partition coefficient (Wildman–Crippen LogP) is 3.27. The minimum Gasteiger partial charge on any atom is -0.371 e. The third-order valence-electron chi connectivity index (χ3n) is 5.54. The van der Waals surface area contributed by atoms with Crippen molar-refractivity contribution in [2.24, 2.45) is 5.92 Å². The molecule has 3 heterocycles. The normalized spacial score (nSPS) is 28.4. The van der Waals surface area contributed by atoms with Crippen LogP contribution in [0.15, 0.2) is 18.2 Å². The maximum atomic E-state index is 2.72.